The molecule has 0 unspecified atom stereocenters. The minimum Gasteiger partial charge on any atom is -0.496 e. The van der Waals surface area contributed by atoms with E-state index in [1.165, 1.54) is 24.3 Å². The number of nitrogens with one attached hydrogen (secondary N) is 1. The largest absolute Gasteiger partial charge is 0.496 e. The van der Waals surface area contributed by atoms with Crippen LogP contribution in [-0.4, -0.2) is 31.1 Å². The Morgan fingerprint density at radius 1 is 1.04 bits per heavy atom. The lowest BCUT2D eigenvalue weighted by Crippen LogP contribution is -2.34. The van der Waals surface area contributed by atoms with Crippen LogP contribution in [0, 0.1) is 0 Å². The van der Waals surface area contributed by atoms with Crippen LogP contribution in [-0.2, 0) is 15.7 Å². The third-order valence-corrected chi connectivity index (χ3v) is 3.58. The first-order chi connectivity index (χ1) is 12.4. The fourth-order valence-corrected chi connectivity index (χ4v) is 2.62. The van der Waals surface area contributed by atoms with E-state index in [1.54, 1.807) is 20.8 Å². The maximum Gasteiger partial charge on any atom is 0.420 e. The Labute approximate surface area is 154 Å². The van der Waals surface area contributed by atoms with Gasteiger partial charge in [-0.25, -0.2) is 0 Å². The predicted molar refractivity (Wildman–Crippen MR) is 93.7 cm³/mol. The van der Waals surface area contributed by atoms with E-state index in [-0.39, 0.29) is 22.1 Å². The number of fused-ring (bicyclic) bond motifs is 1. The van der Waals surface area contributed by atoms with Crippen molar-refractivity contribution in [2.75, 3.05) is 13.7 Å². The minimum atomic E-state index is -4.66. The molecule has 5 nitrogen and oxygen atoms in total. The highest BCUT2D eigenvalue weighted by Gasteiger charge is 2.36. The van der Waals surface area contributed by atoms with Gasteiger partial charge in [-0.05, 0) is 49.7 Å². The van der Waals surface area contributed by atoms with Crippen molar-refractivity contribution >= 4 is 22.6 Å². The van der Waals surface area contributed by atoms with Gasteiger partial charge in [0.15, 0.2) is 0 Å². The smallest absolute Gasteiger partial charge is 0.420 e. The standard InChI is InChI=1S/C19H20F3NO4/c1-18(2,3)27-15(24)10-23-17(25)13-7-5-6-12-11(13)8-9-14(26-4)16(12)19(20,21)22/h5-9H,10H2,1-4H3,(H,23,25). The van der Waals surface area contributed by atoms with Crippen LogP contribution in [0.25, 0.3) is 10.8 Å². The van der Waals surface area contributed by atoms with Gasteiger partial charge < -0.3 is 14.8 Å². The van der Waals surface area contributed by atoms with Crippen molar-refractivity contribution in [2.45, 2.75) is 32.5 Å². The lowest BCUT2D eigenvalue weighted by Gasteiger charge is -2.19. The molecular weight excluding hydrogens is 363 g/mol. The first kappa shape index (κ1) is 20.5. The van der Waals surface area contributed by atoms with Crippen LogP contribution >= 0.6 is 0 Å². The van der Waals surface area contributed by atoms with Crippen molar-refractivity contribution in [1.82, 2.24) is 5.32 Å². The van der Waals surface area contributed by atoms with Crippen molar-refractivity contribution < 1.29 is 32.2 Å². The molecule has 0 radical (unpaired) electrons. The average Bonchev–Trinajstić information content (AvgIpc) is 2.55. The van der Waals surface area contributed by atoms with Crippen LogP contribution in [0.1, 0.15) is 36.7 Å². The molecule has 0 bridgehead atoms. The maximum absolute atomic E-state index is 13.5. The zero-order valence-electron chi connectivity index (χ0n) is 15.4. The van der Waals surface area contributed by atoms with Gasteiger partial charge in [-0.15, -0.1) is 0 Å². The molecule has 0 aliphatic rings. The SMILES string of the molecule is COc1ccc2c(C(=O)NCC(=O)OC(C)(C)C)cccc2c1C(F)(F)F. The lowest BCUT2D eigenvalue weighted by molar-refractivity contribution is -0.153. The van der Waals surface area contributed by atoms with E-state index in [0.29, 0.717) is 0 Å². The number of methoxy groups -OCH3 is 1. The quantitative estimate of drug-likeness (QED) is 0.813. The molecule has 0 atom stereocenters. The van der Waals surface area contributed by atoms with E-state index in [4.69, 9.17) is 9.47 Å². The first-order valence-corrected chi connectivity index (χ1v) is 8.11. The summed E-state index contributed by atoms with van der Waals surface area (Å²) in [6.07, 6.45) is -4.66. The highest BCUT2D eigenvalue weighted by atomic mass is 19.4. The molecule has 0 aliphatic carbocycles. The van der Waals surface area contributed by atoms with E-state index in [9.17, 15) is 22.8 Å². The van der Waals surface area contributed by atoms with Crippen molar-refractivity contribution in [2.24, 2.45) is 0 Å². The number of amides is 1. The highest BCUT2D eigenvalue weighted by Crippen LogP contribution is 2.41. The number of carbonyl (C=O) groups is 2. The molecule has 2 aromatic carbocycles. The number of hydrogen-bond donors (Lipinski definition) is 1. The lowest BCUT2D eigenvalue weighted by atomic mass is 9.98. The first-order valence-electron chi connectivity index (χ1n) is 8.11. The van der Waals surface area contributed by atoms with Gasteiger partial charge in [0.25, 0.3) is 5.91 Å². The van der Waals surface area contributed by atoms with Gasteiger partial charge in [0, 0.05) is 5.56 Å². The van der Waals surface area contributed by atoms with Gasteiger partial charge in [0.2, 0.25) is 0 Å². The van der Waals surface area contributed by atoms with Gasteiger partial charge in [0.1, 0.15) is 23.5 Å². The summed E-state index contributed by atoms with van der Waals surface area (Å²) in [4.78, 5) is 24.1. The fraction of sp³-hybridized carbons (Fsp3) is 0.368. The Bertz CT molecular complexity index is 870. The Morgan fingerprint density at radius 3 is 2.26 bits per heavy atom. The highest BCUT2D eigenvalue weighted by molar-refractivity contribution is 6.08. The molecule has 0 aromatic heterocycles. The number of rotatable bonds is 4. The van der Waals surface area contributed by atoms with Crippen LogP contribution in [0.3, 0.4) is 0 Å². The van der Waals surface area contributed by atoms with Crippen LogP contribution in [0.2, 0.25) is 0 Å². The van der Waals surface area contributed by atoms with Gasteiger partial charge in [-0.1, -0.05) is 12.1 Å². The molecule has 0 aliphatic heterocycles. The Morgan fingerprint density at radius 2 is 1.70 bits per heavy atom. The summed E-state index contributed by atoms with van der Waals surface area (Å²) < 4.78 is 50.3. The number of alkyl halides is 3. The zero-order valence-corrected chi connectivity index (χ0v) is 15.4. The Balaban J connectivity index is 2.37. The van der Waals surface area contributed by atoms with E-state index < -0.39 is 35.8 Å². The van der Waals surface area contributed by atoms with E-state index in [0.717, 1.165) is 13.2 Å². The third kappa shape index (κ3) is 4.90. The number of halogens is 3. The molecule has 0 saturated heterocycles. The average molecular weight is 383 g/mol. The van der Waals surface area contributed by atoms with Crippen molar-refractivity contribution in [3.05, 3.63) is 41.5 Å². The van der Waals surface area contributed by atoms with E-state index >= 15 is 0 Å². The van der Waals surface area contributed by atoms with Crippen LogP contribution in [0.15, 0.2) is 30.3 Å². The molecule has 8 heteroatoms. The molecule has 2 rings (SSSR count). The molecular formula is C19H20F3NO4. The molecule has 0 saturated carbocycles. The summed E-state index contributed by atoms with van der Waals surface area (Å²) in [7, 11) is 1.15. The van der Waals surface area contributed by atoms with Crippen LogP contribution < -0.4 is 10.1 Å². The van der Waals surface area contributed by atoms with Crippen molar-refractivity contribution in [3.8, 4) is 5.75 Å². The van der Waals surface area contributed by atoms with Crippen molar-refractivity contribution in [3.63, 3.8) is 0 Å². The molecule has 1 amide bonds. The molecule has 27 heavy (non-hydrogen) atoms. The topological polar surface area (TPSA) is 64.6 Å². The molecule has 146 valence electrons. The Hall–Kier alpha value is -2.77. The summed E-state index contributed by atoms with van der Waals surface area (Å²) in [5, 5.41) is 2.32. The molecule has 0 spiro atoms. The number of benzene rings is 2. The monoisotopic (exact) mass is 383 g/mol. The summed E-state index contributed by atoms with van der Waals surface area (Å²) in [6, 6.07) is 6.55. The summed E-state index contributed by atoms with van der Waals surface area (Å²) in [5.74, 6) is -1.65. The van der Waals surface area contributed by atoms with Gasteiger partial charge in [-0.2, -0.15) is 13.2 Å². The summed E-state index contributed by atoms with van der Waals surface area (Å²) in [6.45, 7) is 4.66. The normalized spacial score (nSPS) is 12.0. The molecule has 1 N–H and O–H groups in total. The van der Waals surface area contributed by atoms with Crippen molar-refractivity contribution in [1.29, 1.82) is 0 Å². The second-order valence-corrected chi connectivity index (χ2v) is 6.81. The Kier molecular flexibility index (Phi) is 5.67. The van der Waals surface area contributed by atoms with Crippen LogP contribution in [0.4, 0.5) is 13.2 Å². The summed E-state index contributed by atoms with van der Waals surface area (Å²) >= 11 is 0. The fourth-order valence-electron chi connectivity index (χ4n) is 2.62. The minimum absolute atomic E-state index is 0.0178. The number of ether oxygens (including phenoxy) is 2. The van der Waals surface area contributed by atoms with E-state index in [1.807, 2.05) is 0 Å². The number of carbonyl (C=O) groups excluding carboxylic acids is 2. The zero-order chi connectivity index (χ0) is 20.4. The maximum atomic E-state index is 13.5. The molecule has 0 fully saturated rings. The number of hydrogen-bond acceptors (Lipinski definition) is 4. The van der Waals surface area contributed by atoms with Gasteiger partial charge >= 0.3 is 12.1 Å². The number of esters is 1. The van der Waals surface area contributed by atoms with Crippen LogP contribution in [0.5, 0.6) is 5.75 Å². The second-order valence-electron chi connectivity index (χ2n) is 6.81. The van der Waals surface area contributed by atoms with Gasteiger partial charge in [0.05, 0.1) is 7.11 Å². The molecule has 2 aromatic rings. The third-order valence-electron chi connectivity index (χ3n) is 3.58. The van der Waals surface area contributed by atoms with Gasteiger partial charge in [-0.3, -0.25) is 9.59 Å². The van der Waals surface area contributed by atoms with E-state index in [2.05, 4.69) is 5.32 Å². The second kappa shape index (κ2) is 7.46. The predicted octanol–water partition coefficient (Wildman–Crippen LogP) is 3.94. The summed E-state index contributed by atoms with van der Waals surface area (Å²) in [5.41, 5.74) is -1.65. The molecule has 0 heterocycles.